The lowest BCUT2D eigenvalue weighted by Crippen LogP contribution is -2.30. The van der Waals surface area contributed by atoms with Crippen LogP contribution in [0.3, 0.4) is 0 Å². The molecule has 1 N–H and O–H groups in total. The molecule has 0 saturated carbocycles. The van der Waals surface area contributed by atoms with E-state index in [4.69, 9.17) is 0 Å². The summed E-state index contributed by atoms with van der Waals surface area (Å²) in [7, 11) is -2.92. The van der Waals surface area contributed by atoms with Crippen molar-refractivity contribution in [1.29, 1.82) is 0 Å². The summed E-state index contributed by atoms with van der Waals surface area (Å²) in [5, 5.41) is 2.75. The molecule has 0 bridgehead atoms. The maximum Gasteiger partial charge on any atom is 0.254 e. The van der Waals surface area contributed by atoms with E-state index in [2.05, 4.69) is 15.3 Å². The lowest BCUT2D eigenvalue weighted by atomic mass is 10.1. The predicted octanol–water partition coefficient (Wildman–Crippen LogP) is 1.31. The van der Waals surface area contributed by atoms with Crippen LogP contribution in [0.5, 0.6) is 0 Å². The zero-order chi connectivity index (χ0) is 16.3. The summed E-state index contributed by atoms with van der Waals surface area (Å²) in [5.41, 5.74) is 1.25. The Labute approximate surface area is 134 Å². The fraction of sp³-hybridized carbons (Fsp3) is 0.312. The van der Waals surface area contributed by atoms with Crippen molar-refractivity contribution in [2.24, 2.45) is 5.92 Å². The van der Waals surface area contributed by atoms with Crippen molar-refractivity contribution in [3.8, 4) is 11.4 Å². The highest BCUT2D eigenvalue weighted by Crippen LogP contribution is 2.17. The third-order valence-electron chi connectivity index (χ3n) is 3.82. The third kappa shape index (κ3) is 3.92. The van der Waals surface area contributed by atoms with Crippen molar-refractivity contribution in [3.05, 3.63) is 48.3 Å². The molecule has 120 valence electrons. The van der Waals surface area contributed by atoms with Crippen LogP contribution in [0.15, 0.2) is 42.7 Å². The van der Waals surface area contributed by atoms with Crippen molar-refractivity contribution in [2.45, 2.75) is 6.42 Å². The molecular formula is C16H17N3O3S. The molecule has 7 heteroatoms. The van der Waals surface area contributed by atoms with Gasteiger partial charge in [0.05, 0.1) is 17.1 Å². The second-order valence-electron chi connectivity index (χ2n) is 5.64. The van der Waals surface area contributed by atoms with E-state index < -0.39 is 9.84 Å². The first-order chi connectivity index (χ1) is 11.0. The number of hydrogen-bond donors (Lipinski definition) is 1. The highest BCUT2D eigenvalue weighted by Gasteiger charge is 2.28. The average Bonchev–Trinajstić information content (AvgIpc) is 2.93. The van der Waals surface area contributed by atoms with Crippen molar-refractivity contribution >= 4 is 15.7 Å². The van der Waals surface area contributed by atoms with Gasteiger partial charge in [-0.3, -0.25) is 4.79 Å². The molecule has 1 amide bonds. The van der Waals surface area contributed by atoms with Gasteiger partial charge in [0.25, 0.3) is 5.91 Å². The van der Waals surface area contributed by atoms with Crippen molar-refractivity contribution in [1.82, 2.24) is 15.3 Å². The van der Waals surface area contributed by atoms with Crippen LogP contribution in [-0.2, 0) is 9.84 Å². The second kappa shape index (κ2) is 6.45. The molecule has 1 aromatic carbocycles. The van der Waals surface area contributed by atoms with Crippen molar-refractivity contribution in [3.63, 3.8) is 0 Å². The highest BCUT2D eigenvalue weighted by molar-refractivity contribution is 7.91. The maximum atomic E-state index is 12.1. The first-order valence-electron chi connectivity index (χ1n) is 7.39. The molecule has 0 radical (unpaired) electrons. The Balaban J connectivity index is 1.60. The molecule has 1 saturated heterocycles. The number of amides is 1. The normalized spacial score (nSPS) is 19.4. The molecule has 1 atom stereocenters. The first kappa shape index (κ1) is 15.6. The van der Waals surface area contributed by atoms with Crippen LogP contribution >= 0.6 is 0 Å². The summed E-state index contributed by atoms with van der Waals surface area (Å²) in [6.45, 7) is 0.360. The molecule has 0 aliphatic carbocycles. The molecular weight excluding hydrogens is 314 g/mol. The van der Waals surface area contributed by atoms with E-state index in [9.17, 15) is 13.2 Å². The molecule has 1 aliphatic heterocycles. The SMILES string of the molecule is O=C(NC[C@@H]1CCS(=O)(=O)C1)c1cnc(-c2ccccc2)nc1. The van der Waals surface area contributed by atoms with Gasteiger partial charge in [-0.1, -0.05) is 30.3 Å². The molecule has 1 fully saturated rings. The first-order valence-corrected chi connectivity index (χ1v) is 9.22. The van der Waals surface area contributed by atoms with E-state index in [0.29, 0.717) is 24.4 Å². The Hall–Kier alpha value is -2.28. The molecule has 2 aromatic rings. The van der Waals surface area contributed by atoms with Gasteiger partial charge in [-0.05, 0) is 12.3 Å². The van der Waals surface area contributed by atoms with Gasteiger partial charge in [0, 0.05) is 24.5 Å². The van der Waals surface area contributed by atoms with Crippen LogP contribution in [0.25, 0.3) is 11.4 Å². The molecule has 0 spiro atoms. The van der Waals surface area contributed by atoms with Crippen LogP contribution in [0.4, 0.5) is 0 Å². The smallest absolute Gasteiger partial charge is 0.254 e. The lowest BCUT2D eigenvalue weighted by Gasteiger charge is -2.09. The van der Waals surface area contributed by atoms with Crippen molar-refractivity contribution in [2.75, 3.05) is 18.1 Å². The average molecular weight is 331 g/mol. The summed E-state index contributed by atoms with van der Waals surface area (Å²) in [4.78, 5) is 20.5. The van der Waals surface area contributed by atoms with E-state index in [1.54, 1.807) is 0 Å². The number of benzene rings is 1. The summed E-state index contributed by atoms with van der Waals surface area (Å²) < 4.78 is 22.8. The van der Waals surface area contributed by atoms with Gasteiger partial charge in [0.15, 0.2) is 15.7 Å². The standard InChI is InChI=1S/C16H17N3O3S/c20-16(19-8-12-6-7-23(21,22)11-12)14-9-17-15(18-10-14)13-4-2-1-3-5-13/h1-5,9-10,12H,6-8,11H2,(H,19,20)/t12-/m0/s1. The second-order valence-corrected chi connectivity index (χ2v) is 7.87. The number of nitrogens with one attached hydrogen (secondary N) is 1. The Morgan fingerprint density at radius 1 is 1.17 bits per heavy atom. The number of carbonyl (C=O) groups is 1. The summed E-state index contributed by atoms with van der Waals surface area (Å²) >= 11 is 0. The quantitative estimate of drug-likeness (QED) is 0.912. The monoisotopic (exact) mass is 331 g/mol. The molecule has 3 rings (SSSR count). The number of hydrogen-bond acceptors (Lipinski definition) is 5. The fourth-order valence-corrected chi connectivity index (χ4v) is 4.42. The zero-order valence-corrected chi connectivity index (χ0v) is 13.3. The molecule has 6 nitrogen and oxygen atoms in total. The molecule has 0 unspecified atom stereocenters. The minimum absolute atomic E-state index is 0.00606. The Bertz CT molecular complexity index is 789. The van der Waals surface area contributed by atoms with Gasteiger partial charge in [0.2, 0.25) is 0 Å². The van der Waals surface area contributed by atoms with Gasteiger partial charge in [-0.2, -0.15) is 0 Å². The topological polar surface area (TPSA) is 89.0 Å². The van der Waals surface area contributed by atoms with Gasteiger partial charge in [-0.15, -0.1) is 0 Å². The van der Waals surface area contributed by atoms with Gasteiger partial charge in [-0.25, -0.2) is 18.4 Å². The minimum atomic E-state index is -2.92. The third-order valence-corrected chi connectivity index (χ3v) is 5.66. The van der Waals surface area contributed by atoms with Crippen LogP contribution in [-0.4, -0.2) is 42.3 Å². The molecule has 1 aromatic heterocycles. The highest BCUT2D eigenvalue weighted by atomic mass is 32.2. The lowest BCUT2D eigenvalue weighted by molar-refractivity contribution is 0.0947. The van der Waals surface area contributed by atoms with Gasteiger partial charge in [0.1, 0.15) is 0 Å². The van der Waals surface area contributed by atoms with Crippen LogP contribution in [0.1, 0.15) is 16.8 Å². The zero-order valence-electron chi connectivity index (χ0n) is 12.5. The fourth-order valence-electron chi connectivity index (χ4n) is 2.55. The van der Waals surface area contributed by atoms with Crippen LogP contribution in [0, 0.1) is 5.92 Å². The van der Waals surface area contributed by atoms with Crippen molar-refractivity contribution < 1.29 is 13.2 Å². The van der Waals surface area contributed by atoms with Crippen LogP contribution in [0.2, 0.25) is 0 Å². The Morgan fingerprint density at radius 3 is 2.48 bits per heavy atom. The molecule has 1 aliphatic rings. The number of rotatable bonds is 4. The summed E-state index contributed by atoms with van der Waals surface area (Å²) in [6.07, 6.45) is 3.57. The largest absolute Gasteiger partial charge is 0.352 e. The van der Waals surface area contributed by atoms with E-state index in [1.807, 2.05) is 30.3 Å². The number of aromatic nitrogens is 2. The number of carbonyl (C=O) groups excluding carboxylic acids is 1. The molecule has 23 heavy (non-hydrogen) atoms. The summed E-state index contributed by atoms with van der Waals surface area (Å²) in [6, 6.07) is 9.50. The van der Waals surface area contributed by atoms with Gasteiger partial charge >= 0.3 is 0 Å². The number of nitrogens with zero attached hydrogens (tertiary/aromatic N) is 2. The summed E-state index contributed by atoms with van der Waals surface area (Å²) in [5.74, 6) is 0.630. The van der Waals surface area contributed by atoms with E-state index >= 15 is 0 Å². The predicted molar refractivity (Wildman–Crippen MR) is 86.6 cm³/mol. The number of sulfone groups is 1. The van der Waals surface area contributed by atoms with Crippen LogP contribution < -0.4 is 5.32 Å². The Kier molecular flexibility index (Phi) is 4.38. The van der Waals surface area contributed by atoms with E-state index in [0.717, 1.165) is 5.56 Å². The van der Waals surface area contributed by atoms with E-state index in [-0.39, 0.29) is 23.3 Å². The maximum absolute atomic E-state index is 12.1. The minimum Gasteiger partial charge on any atom is -0.352 e. The van der Waals surface area contributed by atoms with Gasteiger partial charge < -0.3 is 5.32 Å². The molecule has 2 heterocycles. The Morgan fingerprint density at radius 2 is 1.87 bits per heavy atom. The van der Waals surface area contributed by atoms with E-state index in [1.165, 1.54) is 12.4 Å².